The molecule has 2 rings (SSSR count). The molecule has 0 saturated carbocycles. The van der Waals surface area contributed by atoms with Gasteiger partial charge in [-0.25, -0.2) is 9.59 Å². The summed E-state index contributed by atoms with van der Waals surface area (Å²) in [5.74, 6) is -0.863. The van der Waals surface area contributed by atoms with Gasteiger partial charge in [-0.1, -0.05) is 38.3 Å². The zero-order chi connectivity index (χ0) is 40.5. The predicted octanol–water partition coefficient (Wildman–Crippen LogP) is 7.60. The van der Waals surface area contributed by atoms with Crippen LogP contribution in [0.25, 0.3) is 0 Å². The minimum atomic E-state index is -3.26. The Kier molecular flexibility index (Phi) is 15.9. The van der Waals surface area contributed by atoms with Crippen molar-refractivity contribution in [3.8, 4) is 0 Å². The van der Waals surface area contributed by atoms with E-state index in [0.717, 1.165) is 24.9 Å². The minimum absolute atomic E-state index is 0.00803. The zero-order valence-corrected chi connectivity index (χ0v) is 43.5. The average molecular weight is 856 g/mol. The second-order valence-electron chi connectivity index (χ2n) is 19.4. The molecule has 298 valence electrons. The van der Waals surface area contributed by atoms with Gasteiger partial charge in [0.1, 0.15) is 20.4 Å². The summed E-state index contributed by atoms with van der Waals surface area (Å²) in [4.78, 5) is 47.5. The quantitative estimate of drug-likeness (QED) is 0.109. The SMILES string of the molecule is C=C(C)C(=O)OCC[Si](O)(O[Si](C)(C)C)[Si]1(C)CCC(C)(C)O[Si]1(C)C.C=C(C)C(=O)OC[Si](O)(O[Si](C)(C)C)[Si]1(C)CCC(C)(C)O[Si]1(C)C. The molecule has 51 heavy (non-hydrogen) atoms. The fourth-order valence-electron chi connectivity index (χ4n) is 7.19. The fraction of sp³-hybridized carbons (Fsp3) is 0.818. The van der Waals surface area contributed by atoms with Crippen molar-refractivity contribution in [3.05, 3.63) is 24.3 Å². The lowest BCUT2D eigenvalue weighted by Crippen LogP contribution is -2.82. The number of rotatable bonds is 13. The van der Waals surface area contributed by atoms with Crippen LogP contribution in [-0.4, -0.2) is 108 Å². The van der Waals surface area contributed by atoms with E-state index in [1.807, 2.05) is 0 Å². The number of hydrogen-bond acceptors (Lipinski definition) is 10. The lowest BCUT2D eigenvalue weighted by molar-refractivity contribution is -0.139. The topological polar surface area (TPSA) is 130 Å². The molecule has 0 aromatic rings. The van der Waals surface area contributed by atoms with Gasteiger partial charge in [0.05, 0.1) is 17.8 Å². The molecule has 2 aliphatic heterocycles. The normalized spacial score (nSPS) is 27.8. The van der Waals surface area contributed by atoms with Crippen LogP contribution >= 0.6 is 0 Å². The summed E-state index contributed by atoms with van der Waals surface area (Å²) in [7, 11) is -19.1. The lowest BCUT2D eigenvalue weighted by Gasteiger charge is -2.56. The number of ether oxygens (including phenoxy) is 2. The average Bonchev–Trinajstić information content (AvgIpc) is 2.88. The van der Waals surface area contributed by atoms with E-state index in [1.165, 1.54) is 0 Å². The van der Waals surface area contributed by atoms with Crippen LogP contribution in [0, 0.1) is 0 Å². The highest BCUT2D eigenvalue weighted by atomic mass is 29.7. The summed E-state index contributed by atoms with van der Waals surface area (Å²) in [6.07, 6.45) is 1.85. The van der Waals surface area contributed by atoms with Crippen LogP contribution in [0.2, 0.25) is 96.7 Å². The van der Waals surface area contributed by atoms with Gasteiger partial charge in [-0.3, -0.25) is 0 Å². The molecule has 0 aromatic heterocycles. The first-order chi connectivity index (χ1) is 22.4. The summed E-state index contributed by atoms with van der Waals surface area (Å²) >= 11 is 0. The van der Waals surface area contributed by atoms with Gasteiger partial charge in [-0.05, 0) is 120 Å². The molecule has 4 unspecified atom stereocenters. The molecule has 2 heterocycles. The molecule has 0 amide bonds. The van der Waals surface area contributed by atoms with Gasteiger partial charge in [-0.2, -0.15) is 0 Å². The molecule has 0 bridgehead atoms. The van der Waals surface area contributed by atoms with Crippen LogP contribution in [0.5, 0.6) is 0 Å². The summed E-state index contributed by atoms with van der Waals surface area (Å²) in [5.41, 5.74) is 0.421. The second kappa shape index (κ2) is 16.6. The van der Waals surface area contributed by atoms with Crippen LogP contribution in [0.4, 0.5) is 0 Å². The van der Waals surface area contributed by atoms with Gasteiger partial charge in [-0.15, -0.1) is 0 Å². The molecule has 0 aromatic carbocycles. The largest absolute Gasteiger partial charge is 0.462 e. The highest BCUT2D eigenvalue weighted by Crippen LogP contribution is 2.45. The summed E-state index contributed by atoms with van der Waals surface area (Å²) in [6, 6.07) is 2.40. The van der Waals surface area contributed by atoms with E-state index in [-0.39, 0.29) is 24.0 Å². The van der Waals surface area contributed by atoms with E-state index in [1.54, 1.807) is 13.8 Å². The second-order valence-corrected chi connectivity index (χ2v) is 74.4. The molecule has 2 fully saturated rings. The van der Waals surface area contributed by atoms with E-state index < -0.39 is 74.6 Å². The maximum atomic E-state index is 11.9. The summed E-state index contributed by atoms with van der Waals surface area (Å²) in [5, 5.41) is 0. The lowest BCUT2D eigenvalue weighted by atomic mass is 10.1. The predicted molar refractivity (Wildman–Crippen MR) is 229 cm³/mol. The van der Waals surface area contributed by atoms with Gasteiger partial charge in [0.2, 0.25) is 0 Å². The Bertz CT molecular complexity index is 1290. The summed E-state index contributed by atoms with van der Waals surface area (Å²) < 4.78 is 36.9. The zero-order valence-electron chi connectivity index (χ0n) is 35.5. The van der Waals surface area contributed by atoms with Crippen molar-refractivity contribution in [3.63, 3.8) is 0 Å². The Morgan fingerprint density at radius 1 is 0.667 bits per heavy atom. The van der Waals surface area contributed by atoms with E-state index in [9.17, 15) is 19.2 Å². The van der Waals surface area contributed by atoms with Crippen molar-refractivity contribution < 1.29 is 45.7 Å². The number of carbonyl (C=O) groups is 2. The molecule has 2 aliphatic rings. The van der Waals surface area contributed by atoms with Crippen LogP contribution in [0.3, 0.4) is 0 Å². The molecule has 10 nitrogen and oxygen atoms in total. The van der Waals surface area contributed by atoms with Crippen LogP contribution in [0.15, 0.2) is 24.3 Å². The van der Waals surface area contributed by atoms with Gasteiger partial charge >= 0.3 is 28.1 Å². The third-order valence-corrected chi connectivity index (χ3v) is 83.8. The van der Waals surface area contributed by atoms with E-state index in [2.05, 4.69) is 119 Å². The van der Waals surface area contributed by atoms with E-state index in [4.69, 9.17) is 26.6 Å². The van der Waals surface area contributed by atoms with Gasteiger partial charge in [0.15, 0.2) is 32.3 Å². The van der Waals surface area contributed by atoms with E-state index in [0.29, 0.717) is 17.2 Å². The highest BCUT2D eigenvalue weighted by molar-refractivity contribution is 7.66. The molecule has 0 spiro atoms. The third-order valence-electron chi connectivity index (χ3n) is 10.6. The highest BCUT2D eigenvalue weighted by Gasteiger charge is 2.69. The van der Waals surface area contributed by atoms with Crippen LogP contribution in [0.1, 0.15) is 54.4 Å². The molecule has 2 N–H and O–H groups in total. The maximum absolute atomic E-state index is 11.9. The molecule has 18 heteroatoms. The van der Waals surface area contributed by atoms with Crippen molar-refractivity contribution in [1.82, 2.24) is 0 Å². The molecule has 4 atom stereocenters. The molecule has 2 saturated heterocycles. The number of hydrogen-bond donors (Lipinski definition) is 2. The van der Waals surface area contributed by atoms with Crippen molar-refractivity contribution in [2.45, 2.75) is 162 Å². The smallest absolute Gasteiger partial charge is 0.342 e. The Labute approximate surface area is 318 Å². The van der Waals surface area contributed by atoms with Gasteiger partial charge < -0.3 is 36.1 Å². The number of esters is 2. The molecular formula is C33H74O10Si8. The minimum Gasteiger partial charge on any atom is -0.462 e. The first-order valence-electron chi connectivity index (χ1n) is 18.3. The Morgan fingerprint density at radius 2 is 1.00 bits per heavy atom. The molecular weight excluding hydrogens is 781 g/mol. The van der Waals surface area contributed by atoms with Crippen LogP contribution in [-0.2, 0) is 36.1 Å². The molecule has 0 radical (unpaired) electrons. The standard InChI is InChI=1S/C17H38O5Si4.C16H36O5Si4/c1-15(2)16(18)20-12-14-26(19,22-23(5,6)7)25(10)13-11-17(3,4)21-24(25,8)9;1-14(2)15(17)19-13-25(18,21-22(5,6)7)24(10)12-11-16(3,4)20-23(24,8)9/h19H,1,11-14H2,2-10H3;18H,1,11-13H2,2-10H3. The summed E-state index contributed by atoms with van der Waals surface area (Å²) in [6.45, 7) is 45.2. The third kappa shape index (κ3) is 12.7. The van der Waals surface area contributed by atoms with Gasteiger partial charge in [0, 0.05) is 17.2 Å². The monoisotopic (exact) mass is 854 g/mol. The first-order valence-corrected chi connectivity index (χ1v) is 44.5. The Balaban J connectivity index is 0.000000510. The Hall–Kier alpha value is -0.0849. The van der Waals surface area contributed by atoms with Crippen molar-refractivity contribution >= 4 is 74.6 Å². The van der Waals surface area contributed by atoms with Crippen LogP contribution < -0.4 is 0 Å². The fourth-order valence-corrected chi connectivity index (χ4v) is 80.0. The van der Waals surface area contributed by atoms with Crippen molar-refractivity contribution in [2.24, 2.45) is 0 Å². The van der Waals surface area contributed by atoms with Crippen molar-refractivity contribution in [1.29, 1.82) is 0 Å². The van der Waals surface area contributed by atoms with E-state index >= 15 is 0 Å². The first kappa shape index (κ1) is 48.9. The van der Waals surface area contributed by atoms with Crippen molar-refractivity contribution in [2.75, 3.05) is 12.8 Å². The Morgan fingerprint density at radius 3 is 1.33 bits per heavy atom. The maximum Gasteiger partial charge on any atom is 0.342 e. The molecule has 0 aliphatic carbocycles. The van der Waals surface area contributed by atoms with Gasteiger partial charge in [0.25, 0.3) is 0 Å². The number of carbonyl (C=O) groups excluding carboxylic acids is 2.